The van der Waals surface area contributed by atoms with Gasteiger partial charge in [-0.2, -0.15) is 0 Å². The number of anilines is 1. The van der Waals surface area contributed by atoms with Gasteiger partial charge in [-0.05, 0) is 31.2 Å². The number of nitrogen functional groups attached to an aromatic ring is 1. The molecule has 1 heterocycles. The van der Waals surface area contributed by atoms with Gasteiger partial charge in [-0.3, -0.25) is 0 Å². The Kier molecular flexibility index (Phi) is 3.75. The lowest BCUT2D eigenvalue weighted by molar-refractivity contribution is -0.274. The van der Waals surface area contributed by atoms with Crippen molar-refractivity contribution in [3.8, 4) is 17.1 Å². The fourth-order valence-electron chi connectivity index (χ4n) is 1.58. The Labute approximate surface area is 112 Å². The second-order valence-electron chi connectivity index (χ2n) is 3.93. The number of aryl methyl sites for hydroxylation is 1. The summed E-state index contributed by atoms with van der Waals surface area (Å²) in [5.41, 5.74) is 3.63. The first-order valence-electron chi connectivity index (χ1n) is 5.56. The van der Waals surface area contributed by atoms with E-state index in [0.717, 1.165) is 0 Å². The number of ether oxygens (including phenoxy) is 1. The van der Waals surface area contributed by atoms with Crippen LogP contribution in [0.25, 0.3) is 11.4 Å². The summed E-state index contributed by atoms with van der Waals surface area (Å²) in [6.45, 7) is 1.76. The van der Waals surface area contributed by atoms with E-state index >= 15 is 0 Å². The number of hydrogen-bond donors (Lipinski definition) is 2. The molecule has 0 aliphatic carbocycles. The Morgan fingerprint density at radius 1 is 1.15 bits per heavy atom. The molecule has 8 heteroatoms. The van der Waals surface area contributed by atoms with E-state index in [1.165, 1.54) is 24.3 Å². The van der Waals surface area contributed by atoms with Crippen molar-refractivity contribution in [2.24, 2.45) is 5.84 Å². The number of halogens is 3. The molecule has 5 nitrogen and oxygen atoms in total. The third kappa shape index (κ3) is 3.58. The molecule has 1 aromatic heterocycles. The summed E-state index contributed by atoms with van der Waals surface area (Å²) in [6.07, 6.45) is -4.71. The van der Waals surface area contributed by atoms with E-state index in [-0.39, 0.29) is 5.75 Å². The highest BCUT2D eigenvalue weighted by Gasteiger charge is 2.30. The molecule has 0 amide bonds. The maximum absolute atomic E-state index is 12.0. The van der Waals surface area contributed by atoms with Crippen molar-refractivity contribution in [1.82, 2.24) is 9.97 Å². The molecule has 3 N–H and O–H groups in total. The van der Waals surface area contributed by atoms with Crippen molar-refractivity contribution in [3.63, 3.8) is 0 Å². The van der Waals surface area contributed by atoms with Gasteiger partial charge in [0.15, 0.2) is 5.82 Å². The molecule has 0 aliphatic rings. The third-order valence-corrected chi connectivity index (χ3v) is 2.35. The van der Waals surface area contributed by atoms with Crippen LogP contribution < -0.4 is 16.0 Å². The minimum atomic E-state index is -4.71. The molecule has 0 spiro atoms. The van der Waals surface area contributed by atoms with Crippen LogP contribution in [0.3, 0.4) is 0 Å². The van der Waals surface area contributed by atoms with E-state index in [1.807, 2.05) is 0 Å². The van der Waals surface area contributed by atoms with Crippen LogP contribution in [0.2, 0.25) is 0 Å². The molecule has 0 atom stereocenters. The fraction of sp³-hybridized carbons (Fsp3) is 0.167. The zero-order valence-electron chi connectivity index (χ0n) is 10.4. The molecule has 0 unspecified atom stereocenters. The highest BCUT2D eigenvalue weighted by molar-refractivity contribution is 5.58. The van der Waals surface area contributed by atoms with Gasteiger partial charge in [-0.15, -0.1) is 13.2 Å². The maximum Gasteiger partial charge on any atom is 0.573 e. The highest BCUT2D eigenvalue weighted by Crippen LogP contribution is 2.25. The minimum Gasteiger partial charge on any atom is -0.406 e. The van der Waals surface area contributed by atoms with Crippen molar-refractivity contribution in [2.45, 2.75) is 13.3 Å². The lowest BCUT2D eigenvalue weighted by Gasteiger charge is -2.09. The van der Waals surface area contributed by atoms with E-state index in [9.17, 15) is 13.2 Å². The normalized spacial score (nSPS) is 11.2. The van der Waals surface area contributed by atoms with Gasteiger partial charge < -0.3 is 10.2 Å². The molecule has 106 valence electrons. The number of aromatic nitrogens is 2. The summed E-state index contributed by atoms with van der Waals surface area (Å²) < 4.78 is 39.9. The molecule has 0 saturated carbocycles. The van der Waals surface area contributed by atoms with Crippen LogP contribution in [0.15, 0.2) is 30.3 Å². The second kappa shape index (κ2) is 5.33. The van der Waals surface area contributed by atoms with E-state index in [1.54, 1.807) is 13.0 Å². The van der Waals surface area contributed by atoms with Gasteiger partial charge >= 0.3 is 6.36 Å². The van der Waals surface area contributed by atoms with Crippen molar-refractivity contribution in [3.05, 3.63) is 36.0 Å². The number of alkyl halides is 3. The molecule has 1 aromatic carbocycles. The number of rotatable bonds is 3. The van der Waals surface area contributed by atoms with Gasteiger partial charge in [0.05, 0.1) is 0 Å². The Morgan fingerprint density at radius 2 is 1.80 bits per heavy atom. The molecule has 0 aliphatic heterocycles. The number of nitrogens with zero attached hydrogens (tertiary/aromatic N) is 2. The van der Waals surface area contributed by atoms with Crippen LogP contribution in [0, 0.1) is 6.92 Å². The van der Waals surface area contributed by atoms with E-state index < -0.39 is 6.36 Å². The first-order valence-corrected chi connectivity index (χ1v) is 5.56. The Balaban J connectivity index is 2.28. The number of nitrogens with one attached hydrogen (secondary N) is 1. The van der Waals surface area contributed by atoms with Gasteiger partial charge in [0.25, 0.3) is 0 Å². The first-order chi connectivity index (χ1) is 9.37. The van der Waals surface area contributed by atoms with Crippen LogP contribution in [-0.2, 0) is 0 Å². The molecule has 2 aromatic rings. The number of nitrogens with two attached hydrogens (primary N) is 1. The molecule has 0 bridgehead atoms. The first kappa shape index (κ1) is 14.1. The summed E-state index contributed by atoms with van der Waals surface area (Å²) >= 11 is 0. The van der Waals surface area contributed by atoms with Crippen molar-refractivity contribution in [2.75, 3.05) is 5.43 Å². The van der Waals surface area contributed by atoms with Crippen molar-refractivity contribution in [1.29, 1.82) is 0 Å². The standard InChI is InChI=1S/C12H11F3N4O/c1-7-6-10(19-16)18-11(17-7)8-2-4-9(5-3-8)20-12(13,14)15/h2-6H,16H2,1H3,(H,17,18,19). The molecule has 0 fully saturated rings. The Bertz CT molecular complexity index is 599. The smallest absolute Gasteiger partial charge is 0.406 e. The molecular formula is C12H11F3N4O. The average molecular weight is 284 g/mol. The third-order valence-electron chi connectivity index (χ3n) is 2.35. The number of hydrazine groups is 1. The zero-order chi connectivity index (χ0) is 14.8. The minimum absolute atomic E-state index is 0.300. The second-order valence-corrected chi connectivity index (χ2v) is 3.93. The van der Waals surface area contributed by atoms with E-state index in [2.05, 4.69) is 20.1 Å². The van der Waals surface area contributed by atoms with Crippen molar-refractivity contribution >= 4 is 5.82 Å². The van der Waals surface area contributed by atoms with Gasteiger partial charge in [0.2, 0.25) is 0 Å². The predicted octanol–water partition coefficient (Wildman–Crippen LogP) is 2.64. The summed E-state index contributed by atoms with van der Waals surface area (Å²) in [6, 6.07) is 6.92. The Morgan fingerprint density at radius 3 is 2.35 bits per heavy atom. The number of benzene rings is 1. The molecule has 2 rings (SSSR count). The summed E-state index contributed by atoms with van der Waals surface area (Å²) in [7, 11) is 0. The summed E-state index contributed by atoms with van der Waals surface area (Å²) in [5, 5.41) is 0. The highest BCUT2D eigenvalue weighted by atomic mass is 19.4. The van der Waals surface area contributed by atoms with Crippen LogP contribution in [0.5, 0.6) is 5.75 Å². The predicted molar refractivity (Wildman–Crippen MR) is 66.7 cm³/mol. The van der Waals surface area contributed by atoms with Crippen LogP contribution in [0.4, 0.5) is 19.0 Å². The van der Waals surface area contributed by atoms with Crippen LogP contribution in [0.1, 0.15) is 5.69 Å². The lowest BCUT2D eigenvalue weighted by atomic mass is 10.2. The quantitative estimate of drug-likeness (QED) is 0.669. The summed E-state index contributed by atoms with van der Waals surface area (Å²) in [4.78, 5) is 8.30. The number of hydrogen-bond acceptors (Lipinski definition) is 5. The monoisotopic (exact) mass is 284 g/mol. The zero-order valence-corrected chi connectivity index (χ0v) is 10.4. The van der Waals surface area contributed by atoms with E-state index in [4.69, 9.17) is 5.84 Å². The molecule has 0 radical (unpaired) electrons. The topological polar surface area (TPSA) is 73.1 Å². The molecule has 20 heavy (non-hydrogen) atoms. The Hall–Kier alpha value is -2.35. The molecular weight excluding hydrogens is 273 g/mol. The lowest BCUT2D eigenvalue weighted by Crippen LogP contribution is -2.17. The largest absolute Gasteiger partial charge is 0.573 e. The van der Waals surface area contributed by atoms with Crippen molar-refractivity contribution < 1.29 is 17.9 Å². The SMILES string of the molecule is Cc1cc(NN)nc(-c2ccc(OC(F)(F)F)cc2)n1. The fourth-order valence-corrected chi connectivity index (χ4v) is 1.58. The molecule has 0 saturated heterocycles. The van der Waals surface area contributed by atoms with Gasteiger partial charge in [0, 0.05) is 17.3 Å². The maximum atomic E-state index is 12.0. The van der Waals surface area contributed by atoms with Crippen LogP contribution >= 0.6 is 0 Å². The summed E-state index contributed by atoms with van der Waals surface area (Å²) in [5.74, 6) is 5.75. The van der Waals surface area contributed by atoms with Gasteiger partial charge in [-0.25, -0.2) is 15.8 Å². The van der Waals surface area contributed by atoms with E-state index in [0.29, 0.717) is 22.9 Å². The van der Waals surface area contributed by atoms with Gasteiger partial charge in [-0.1, -0.05) is 0 Å². The average Bonchev–Trinajstić information content (AvgIpc) is 2.37. The van der Waals surface area contributed by atoms with Crippen LogP contribution in [-0.4, -0.2) is 16.3 Å². The van der Waals surface area contributed by atoms with Gasteiger partial charge in [0.1, 0.15) is 11.6 Å².